The third kappa shape index (κ3) is 5.28. The van der Waals surface area contributed by atoms with Crippen LogP contribution in [-0.4, -0.2) is 48.3 Å². The van der Waals surface area contributed by atoms with E-state index in [9.17, 15) is 13.2 Å². The summed E-state index contributed by atoms with van der Waals surface area (Å²) in [5.74, 6) is 2.06. The van der Waals surface area contributed by atoms with Gasteiger partial charge in [-0.25, -0.2) is 18.1 Å². The molecule has 1 aliphatic heterocycles. The van der Waals surface area contributed by atoms with Crippen molar-refractivity contribution < 1.29 is 13.2 Å². The van der Waals surface area contributed by atoms with Crippen molar-refractivity contribution in [2.24, 2.45) is 17.8 Å². The lowest BCUT2D eigenvalue weighted by molar-refractivity contribution is -0.139. The number of benzene rings is 2. The van der Waals surface area contributed by atoms with Crippen molar-refractivity contribution in [1.82, 2.24) is 19.6 Å². The number of nitrogens with one attached hydrogen (secondary N) is 2. The Labute approximate surface area is 207 Å². The van der Waals surface area contributed by atoms with E-state index in [0.29, 0.717) is 36.0 Å². The Hall–Kier alpha value is -2.71. The van der Waals surface area contributed by atoms with Crippen LogP contribution in [0.5, 0.6) is 0 Å². The van der Waals surface area contributed by atoms with Gasteiger partial charge >= 0.3 is 0 Å². The van der Waals surface area contributed by atoms with Crippen molar-refractivity contribution in [2.75, 3.05) is 13.1 Å². The van der Waals surface area contributed by atoms with E-state index in [1.54, 1.807) is 18.2 Å². The number of nitrogens with zero attached hydrogens (tertiary/aromatic N) is 2. The summed E-state index contributed by atoms with van der Waals surface area (Å²) in [6, 6.07) is 14.6. The van der Waals surface area contributed by atoms with Crippen LogP contribution < -0.4 is 4.72 Å². The van der Waals surface area contributed by atoms with Gasteiger partial charge in [-0.1, -0.05) is 44.2 Å². The predicted molar refractivity (Wildman–Crippen MR) is 137 cm³/mol. The number of hydrogen-bond donors (Lipinski definition) is 2. The van der Waals surface area contributed by atoms with Crippen LogP contribution in [0.2, 0.25) is 0 Å². The Morgan fingerprint density at radius 1 is 1.00 bits per heavy atom. The van der Waals surface area contributed by atoms with Crippen LogP contribution in [0, 0.1) is 17.8 Å². The first-order chi connectivity index (χ1) is 16.8. The van der Waals surface area contributed by atoms with Crippen molar-refractivity contribution in [2.45, 2.75) is 56.9 Å². The zero-order chi connectivity index (χ0) is 24.6. The van der Waals surface area contributed by atoms with E-state index in [2.05, 4.69) is 28.5 Å². The van der Waals surface area contributed by atoms with Gasteiger partial charge in [-0.05, 0) is 62.1 Å². The maximum absolute atomic E-state index is 13.1. The molecule has 35 heavy (non-hydrogen) atoms. The van der Waals surface area contributed by atoms with E-state index in [-0.39, 0.29) is 22.8 Å². The Morgan fingerprint density at radius 2 is 1.69 bits per heavy atom. The summed E-state index contributed by atoms with van der Waals surface area (Å²) in [5, 5.41) is 0. The van der Waals surface area contributed by atoms with Crippen LogP contribution in [0.15, 0.2) is 53.4 Å². The lowest BCUT2D eigenvalue weighted by Crippen LogP contribution is -2.47. The second-order valence-corrected chi connectivity index (χ2v) is 12.2. The molecular weight excluding hydrogens is 460 g/mol. The van der Waals surface area contributed by atoms with Crippen LogP contribution in [-0.2, 0) is 14.8 Å². The molecule has 0 bridgehead atoms. The van der Waals surface area contributed by atoms with Gasteiger partial charge in [-0.15, -0.1) is 0 Å². The fourth-order valence-corrected chi connectivity index (χ4v) is 7.07. The number of likely N-dealkylation sites (tertiary alicyclic amines) is 1. The molecule has 2 fully saturated rings. The molecule has 1 saturated heterocycles. The average molecular weight is 495 g/mol. The SMILES string of the molecule is C[C@@H]1C[C@H](C)CN(C(=O)C2CCC(NS(=O)(=O)c3ccc4nc(-c5ccccc5)[nH]c4c3)CC2)C1. The highest BCUT2D eigenvalue weighted by atomic mass is 32.2. The smallest absolute Gasteiger partial charge is 0.240 e. The summed E-state index contributed by atoms with van der Waals surface area (Å²) in [4.78, 5) is 23.2. The average Bonchev–Trinajstić information content (AvgIpc) is 3.27. The minimum atomic E-state index is -3.67. The van der Waals surface area contributed by atoms with Gasteiger partial charge in [0.1, 0.15) is 5.82 Å². The molecule has 1 aromatic heterocycles. The molecule has 1 amide bonds. The van der Waals surface area contributed by atoms with Gasteiger partial charge in [-0.3, -0.25) is 4.79 Å². The van der Waals surface area contributed by atoms with E-state index in [0.717, 1.165) is 37.0 Å². The lowest BCUT2D eigenvalue weighted by Gasteiger charge is -2.38. The zero-order valence-electron chi connectivity index (χ0n) is 20.4. The molecule has 2 atom stereocenters. The van der Waals surface area contributed by atoms with E-state index < -0.39 is 10.0 Å². The molecule has 8 heteroatoms. The second kappa shape index (κ2) is 9.74. The van der Waals surface area contributed by atoms with Crippen molar-refractivity contribution >= 4 is 27.0 Å². The van der Waals surface area contributed by atoms with Gasteiger partial charge in [0.2, 0.25) is 15.9 Å². The fraction of sp³-hybridized carbons (Fsp3) is 0.481. The van der Waals surface area contributed by atoms with Gasteiger partial charge in [0.05, 0.1) is 15.9 Å². The standard InChI is InChI=1S/C27H34N4O3S/c1-18-14-19(2)17-31(16-18)27(32)21-8-10-22(11-9-21)30-35(33,34)23-12-13-24-25(15-23)29-26(28-24)20-6-4-3-5-7-20/h3-7,12-13,15,18-19,21-22,30H,8-11,14,16-17H2,1-2H3,(H,28,29)/t18-,19+,21?,22?. The molecule has 0 unspecified atom stereocenters. The molecule has 2 aromatic carbocycles. The van der Waals surface area contributed by atoms with Crippen molar-refractivity contribution in [3.63, 3.8) is 0 Å². The minimum absolute atomic E-state index is 0.00556. The molecular formula is C27H34N4O3S. The summed E-state index contributed by atoms with van der Waals surface area (Å²) in [6.07, 6.45) is 3.99. The number of carbonyl (C=O) groups excluding carboxylic acids is 1. The van der Waals surface area contributed by atoms with Crippen molar-refractivity contribution in [3.05, 3.63) is 48.5 Å². The Kier molecular flexibility index (Phi) is 6.68. The topological polar surface area (TPSA) is 95.2 Å². The first-order valence-corrected chi connectivity index (χ1v) is 14.1. The largest absolute Gasteiger partial charge is 0.342 e. The molecule has 0 radical (unpaired) electrons. The second-order valence-electron chi connectivity index (χ2n) is 10.5. The lowest BCUT2D eigenvalue weighted by atomic mass is 9.84. The number of aromatic amines is 1. The van der Waals surface area contributed by atoms with E-state index in [4.69, 9.17) is 0 Å². The summed E-state index contributed by atoms with van der Waals surface area (Å²) in [6.45, 7) is 6.12. The van der Waals surface area contributed by atoms with Crippen LogP contribution >= 0.6 is 0 Å². The van der Waals surface area contributed by atoms with Crippen molar-refractivity contribution in [3.8, 4) is 11.4 Å². The number of H-pyrrole nitrogens is 1. The van der Waals surface area contributed by atoms with Gasteiger partial charge in [0, 0.05) is 30.6 Å². The molecule has 2 N–H and O–H groups in total. The quantitative estimate of drug-likeness (QED) is 0.543. The highest BCUT2D eigenvalue weighted by molar-refractivity contribution is 7.89. The number of amides is 1. The highest BCUT2D eigenvalue weighted by Crippen LogP contribution is 2.30. The Morgan fingerprint density at radius 3 is 2.37 bits per heavy atom. The van der Waals surface area contributed by atoms with Crippen LogP contribution in [0.3, 0.4) is 0 Å². The highest BCUT2D eigenvalue weighted by Gasteiger charge is 2.34. The van der Waals surface area contributed by atoms with Gasteiger partial charge < -0.3 is 9.88 Å². The van der Waals surface area contributed by atoms with Crippen LogP contribution in [0.25, 0.3) is 22.4 Å². The zero-order valence-corrected chi connectivity index (χ0v) is 21.2. The van der Waals surface area contributed by atoms with Crippen LogP contribution in [0.4, 0.5) is 0 Å². The number of rotatable bonds is 5. The predicted octanol–water partition coefficient (Wildman–Crippen LogP) is 4.57. The molecule has 186 valence electrons. The number of sulfonamides is 1. The molecule has 2 aliphatic rings. The number of piperidine rings is 1. The number of aromatic nitrogens is 2. The fourth-order valence-electron chi connectivity index (χ4n) is 5.74. The maximum Gasteiger partial charge on any atom is 0.240 e. The summed E-state index contributed by atoms with van der Waals surface area (Å²) >= 11 is 0. The number of carbonyl (C=O) groups is 1. The van der Waals surface area contributed by atoms with Gasteiger partial charge in [0.15, 0.2) is 0 Å². The summed E-state index contributed by atoms with van der Waals surface area (Å²) in [5.41, 5.74) is 2.36. The molecule has 1 aliphatic carbocycles. The summed E-state index contributed by atoms with van der Waals surface area (Å²) < 4.78 is 29.2. The Bertz CT molecular complexity index is 1290. The molecule has 2 heterocycles. The van der Waals surface area contributed by atoms with E-state index >= 15 is 0 Å². The molecule has 1 saturated carbocycles. The van der Waals surface area contributed by atoms with E-state index in [1.807, 2.05) is 35.2 Å². The minimum Gasteiger partial charge on any atom is -0.342 e. The first kappa shape index (κ1) is 24.0. The monoisotopic (exact) mass is 494 g/mol. The molecule has 5 rings (SSSR count). The van der Waals surface area contributed by atoms with Crippen molar-refractivity contribution in [1.29, 1.82) is 0 Å². The van der Waals surface area contributed by atoms with Gasteiger partial charge in [-0.2, -0.15) is 0 Å². The molecule has 3 aromatic rings. The van der Waals surface area contributed by atoms with Gasteiger partial charge in [0.25, 0.3) is 0 Å². The van der Waals surface area contributed by atoms with E-state index in [1.165, 1.54) is 6.42 Å². The third-order valence-electron chi connectivity index (χ3n) is 7.39. The number of imidazole rings is 1. The maximum atomic E-state index is 13.1. The normalized spacial score (nSPS) is 25.6. The number of hydrogen-bond acceptors (Lipinski definition) is 4. The Balaban J connectivity index is 1.22. The number of fused-ring (bicyclic) bond motifs is 1. The van der Waals surface area contributed by atoms with Crippen LogP contribution in [0.1, 0.15) is 46.0 Å². The molecule has 7 nitrogen and oxygen atoms in total. The third-order valence-corrected chi connectivity index (χ3v) is 8.91. The molecule has 0 spiro atoms. The first-order valence-electron chi connectivity index (χ1n) is 12.6. The summed E-state index contributed by atoms with van der Waals surface area (Å²) in [7, 11) is -3.67.